The third-order valence-electron chi connectivity index (χ3n) is 3.64. The molecule has 0 saturated carbocycles. The first-order valence-electron chi connectivity index (χ1n) is 6.64. The summed E-state index contributed by atoms with van der Waals surface area (Å²) >= 11 is 0. The van der Waals surface area contributed by atoms with Crippen LogP contribution >= 0.6 is 0 Å². The fraction of sp³-hybridized carbons (Fsp3) is 0.923. The average Bonchev–Trinajstić information content (AvgIpc) is 2.26. The highest BCUT2D eigenvalue weighted by atomic mass is 16.6. The van der Waals surface area contributed by atoms with Gasteiger partial charge in [-0.2, -0.15) is 0 Å². The topological polar surface area (TPSA) is 41.6 Å². The fourth-order valence-electron chi connectivity index (χ4n) is 2.76. The number of piperidine rings is 2. The van der Waals surface area contributed by atoms with Crippen molar-refractivity contribution in [1.29, 1.82) is 0 Å². The number of hydrogen-bond acceptors (Lipinski definition) is 3. The Morgan fingerprint density at radius 1 is 1.29 bits per heavy atom. The SMILES string of the molecule is CC(C)(C)OC(=O)N1CC[C@H]2CCNC[C@@H]2C1. The Bertz CT molecular complexity index is 286. The molecule has 1 amide bonds. The molecule has 0 radical (unpaired) electrons. The molecule has 2 rings (SSSR count). The second kappa shape index (κ2) is 4.84. The molecule has 17 heavy (non-hydrogen) atoms. The van der Waals surface area contributed by atoms with Gasteiger partial charge in [0.15, 0.2) is 0 Å². The third-order valence-corrected chi connectivity index (χ3v) is 3.64. The second-order valence-electron chi connectivity index (χ2n) is 6.23. The molecule has 0 aromatic heterocycles. The summed E-state index contributed by atoms with van der Waals surface area (Å²) in [5.41, 5.74) is -0.390. The van der Waals surface area contributed by atoms with E-state index in [9.17, 15) is 4.79 Å². The molecule has 0 bridgehead atoms. The van der Waals surface area contributed by atoms with Crippen LogP contribution < -0.4 is 5.32 Å². The first kappa shape index (κ1) is 12.7. The molecule has 4 heteroatoms. The van der Waals surface area contributed by atoms with E-state index in [1.165, 1.54) is 6.42 Å². The number of fused-ring (bicyclic) bond motifs is 1. The van der Waals surface area contributed by atoms with E-state index in [1.54, 1.807) is 0 Å². The van der Waals surface area contributed by atoms with Gasteiger partial charge in [-0.25, -0.2) is 4.79 Å². The molecule has 98 valence electrons. The maximum absolute atomic E-state index is 12.0. The maximum Gasteiger partial charge on any atom is 0.410 e. The molecule has 0 unspecified atom stereocenters. The fourth-order valence-corrected chi connectivity index (χ4v) is 2.76. The smallest absolute Gasteiger partial charge is 0.410 e. The van der Waals surface area contributed by atoms with Crippen LogP contribution in [-0.2, 0) is 4.74 Å². The van der Waals surface area contributed by atoms with Gasteiger partial charge in [-0.3, -0.25) is 0 Å². The highest BCUT2D eigenvalue weighted by Gasteiger charge is 2.34. The molecule has 1 N–H and O–H groups in total. The molecule has 2 fully saturated rings. The van der Waals surface area contributed by atoms with Crippen molar-refractivity contribution in [1.82, 2.24) is 10.2 Å². The second-order valence-corrected chi connectivity index (χ2v) is 6.23. The van der Waals surface area contributed by atoms with Crippen molar-refractivity contribution in [3.63, 3.8) is 0 Å². The molecular formula is C13H24N2O2. The van der Waals surface area contributed by atoms with E-state index in [0.717, 1.165) is 38.5 Å². The summed E-state index contributed by atoms with van der Waals surface area (Å²) in [5, 5.41) is 3.41. The average molecular weight is 240 g/mol. The summed E-state index contributed by atoms with van der Waals surface area (Å²) in [5.74, 6) is 1.42. The van der Waals surface area contributed by atoms with Gasteiger partial charge in [-0.1, -0.05) is 0 Å². The van der Waals surface area contributed by atoms with E-state index in [0.29, 0.717) is 5.92 Å². The summed E-state index contributed by atoms with van der Waals surface area (Å²) in [4.78, 5) is 13.8. The first-order valence-corrected chi connectivity index (χ1v) is 6.64. The standard InChI is InChI=1S/C13H24N2O2/c1-13(2,3)17-12(16)15-7-5-10-4-6-14-8-11(10)9-15/h10-11,14H,4-9H2,1-3H3/t10-,11-/m1/s1. The van der Waals surface area contributed by atoms with E-state index in [-0.39, 0.29) is 6.09 Å². The van der Waals surface area contributed by atoms with Crippen LogP contribution in [0.25, 0.3) is 0 Å². The summed E-state index contributed by atoms with van der Waals surface area (Å²) in [6.45, 7) is 9.64. The minimum atomic E-state index is -0.390. The normalized spacial score (nSPS) is 29.7. The van der Waals surface area contributed by atoms with Crippen molar-refractivity contribution in [3.8, 4) is 0 Å². The largest absolute Gasteiger partial charge is 0.444 e. The van der Waals surface area contributed by atoms with E-state index < -0.39 is 5.60 Å². The van der Waals surface area contributed by atoms with Gasteiger partial charge in [-0.05, 0) is 58.5 Å². The van der Waals surface area contributed by atoms with Crippen molar-refractivity contribution in [2.45, 2.75) is 39.2 Å². The number of carbonyl (C=O) groups is 1. The summed E-state index contributed by atoms with van der Waals surface area (Å²) in [6, 6.07) is 0. The van der Waals surface area contributed by atoms with Crippen LogP contribution in [-0.4, -0.2) is 42.8 Å². The summed E-state index contributed by atoms with van der Waals surface area (Å²) in [7, 11) is 0. The lowest BCUT2D eigenvalue weighted by Crippen LogP contribution is -2.51. The third kappa shape index (κ3) is 3.35. The number of hydrogen-bond donors (Lipinski definition) is 1. The molecule has 2 saturated heterocycles. The number of rotatable bonds is 0. The van der Waals surface area contributed by atoms with Crippen LogP contribution in [0.1, 0.15) is 33.6 Å². The van der Waals surface area contributed by atoms with Gasteiger partial charge in [0.1, 0.15) is 5.60 Å². The number of nitrogens with zero attached hydrogens (tertiary/aromatic N) is 1. The Morgan fingerprint density at radius 3 is 2.76 bits per heavy atom. The Morgan fingerprint density at radius 2 is 2.06 bits per heavy atom. The lowest BCUT2D eigenvalue weighted by molar-refractivity contribution is 0.00738. The van der Waals surface area contributed by atoms with Crippen LogP contribution in [0.4, 0.5) is 4.79 Å². The van der Waals surface area contributed by atoms with Gasteiger partial charge in [0.05, 0.1) is 0 Å². The highest BCUT2D eigenvalue weighted by molar-refractivity contribution is 5.68. The Hall–Kier alpha value is -0.770. The Balaban J connectivity index is 1.89. The van der Waals surface area contributed by atoms with Crippen molar-refractivity contribution in [2.24, 2.45) is 11.8 Å². The van der Waals surface area contributed by atoms with Gasteiger partial charge < -0.3 is 15.0 Å². The highest BCUT2D eigenvalue weighted by Crippen LogP contribution is 2.28. The zero-order chi connectivity index (χ0) is 12.5. The van der Waals surface area contributed by atoms with Gasteiger partial charge in [-0.15, -0.1) is 0 Å². The van der Waals surface area contributed by atoms with Gasteiger partial charge in [0, 0.05) is 13.1 Å². The lowest BCUT2D eigenvalue weighted by atomic mass is 9.81. The van der Waals surface area contributed by atoms with Crippen LogP contribution in [0, 0.1) is 11.8 Å². The molecule has 2 aliphatic heterocycles. The maximum atomic E-state index is 12.0. The number of amides is 1. The molecule has 0 aromatic rings. The zero-order valence-electron chi connectivity index (χ0n) is 11.2. The van der Waals surface area contributed by atoms with E-state index >= 15 is 0 Å². The Kier molecular flexibility index (Phi) is 3.61. The number of likely N-dealkylation sites (tertiary alicyclic amines) is 1. The quantitative estimate of drug-likeness (QED) is 0.702. The van der Waals surface area contributed by atoms with Crippen molar-refractivity contribution >= 4 is 6.09 Å². The molecule has 4 nitrogen and oxygen atoms in total. The number of nitrogens with one attached hydrogen (secondary N) is 1. The van der Waals surface area contributed by atoms with E-state index in [1.807, 2.05) is 25.7 Å². The van der Waals surface area contributed by atoms with Crippen LogP contribution in [0.15, 0.2) is 0 Å². The van der Waals surface area contributed by atoms with Crippen LogP contribution in [0.5, 0.6) is 0 Å². The van der Waals surface area contributed by atoms with Gasteiger partial charge >= 0.3 is 6.09 Å². The minimum Gasteiger partial charge on any atom is -0.444 e. The van der Waals surface area contributed by atoms with Crippen molar-refractivity contribution in [2.75, 3.05) is 26.2 Å². The molecule has 0 aliphatic carbocycles. The molecule has 2 heterocycles. The van der Waals surface area contributed by atoms with Crippen LogP contribution in [0.3, 0.4) is 0 Å². The molecule has 0 spiro atoms. The zero-order valence-corrected chi connectivity index (χ0v) is 11.2. The first-order chi connectivity index (χ1) is 7.96. The molecular weight excluding hydrogens is 216 g/mol. The number of carbonyl (C=O) groups excluding carboxylic acids is 1. The van der Waals surface area contributed by atoms with E-state index in [4.69, 9.17) is 4.74 Å². The predicted octanol–water partition coefficient (Wildman–Crippen LogP) is 1.85. The summed E-state index contributed by atoms with van der Waals surface area (Å²) in [6.07, 6.45) is 2.24. The Labute approximate surface area is 104 Å². The monoisotopic (exact) mass is 240 g/mol. The van der Waals surface area contributed by atoms with Crippen molar-refractivity contribution < 1.29 is 9.53 Å². The van der Waals surface area contributed by atoms with Crippen LogP contribution in [0.2, 0.25) is 0 Å². The minimum absolute atomic E-state index is 0.151. The van der Waals surface area contributed by atoms with Gasteiger partial charge in [0.25, 0.3) is 0 Å². The number of ether oxygens (including phenoxy) is 1. The van der Waals surface area contributed by atoms with Crippen molar-refractivity contribution in [3.05, 3.63) is 0 Å². The van der Waals surface area contributed by atoms with Gasteiger partial charge in [0.2, 0.25) is 0 Å². The molecule has 0 aromatic carbocycles. The predicted molar refractivity (Wildman–Crippen MR) is 66.9 cm³/mol. The summed E-state index contributed by atoms with van der Waals surface area (Å²) < 4.78 is 5.42. The lowest BCUT2D eigenvalue weighted by Gasteiger charge is -2.41. The van der Waals surface area contributed by atoms with E-state index in [2.05, 4.69) is 5.32 Å². The molecule has 2 aliphatic rings. The molecule has 2 atom stereocenters.